The Labute approximate surface area is 205 Å². The number of para-hydroxylation sites is 1. The van der Waals surface area contributed by atoms with Crippen LogP contribution < -0.4 is 10.6 Å². The molecule has 176 valence electrons. The molecule has 4 rings (SSSR count). The number of carbonyl (C=O) groups is 1. The lowest BCUT2D eigenvalue weighted by Gasteiger charge is -2.17. The van der Waals surface area contributed by atoms with Crippen molar-refractivity contribution in [2.24, 2.45) is 0 Å². The van der Waals surface area contributed by atoms with Crippen molar-refractivity contribution in [3.8, 4) is 17.3 Å². The van der Waals surface area contributed by atoms with Gasteiger partial charge in [-0.15, -0.1) is 0 Å². The molecular formula is C28H28N6O. The highest BCUT2D eigenvalue weighted by atomic mass is 16.1. The molecule has 0 aliphatic heterocycles. The quantitative estimate of drug-likeness (QED) is 0.396. The number of nitriles is 1. The van der Waals surface area contributed by atoms with E-state index >= 15 is 0 Å². The lowest BCUT2D eigenvalue weighted by atomic mass is 9.86. The second-order valence-corrected chi connectivity index (χ2v) is 9.07. The standard InChI is InChI=1S/C28H28N6O/c1-18(21-6-5-7-22-23(27(35)30-4)12-13-31-26(21)22)15-32-25-14-24(33-17-34-25)19-8-10-20(11-9-19)28(2,3)16-29/h5-14,17-18H,15H2,1-4H3,(H,30,35)(H,32,33,34)/t18-/m1/s1. The van der Waals surface area contributed by atoms with E-state index in [0.717, 1.165) is 39.1 Å². The number of carbonyl (C=O) groups excluding carboxylic acids is 1. The van der Waals surface area contributed by atoms with Crippen LogP contribution in [0.25, 0.3) is 22.2 Å². The zero-order chi connectivity index (χ0) is 25.0. The summed E-state index contributed by atoms with van der Waals surface area (Å²) in [5.41, 5.74) is 4.69. The van der Waals surface area contributed by atoms with E-state index in [-0.39, 0.29) is 11.8 Å². The Morgan fingerprint density at radius 2 is 1.86 bits per heavy atom. The molecule has 2 aromatic heterocycles. The second-order valence-electron chi connectivity index (χ2n) is 9.07. The van der Waals surface area contributed by atoms with Crippen LogP contribution in [-0.4, -0.2) is 34.5 Å². The van der Waals surface area contributed by atoms with Crippen LogP contribution in [0.1, 0.15) is 48.2 Å². The van der Waals surface area contributed by atoms with Gasteiger partial charge in [-0.25, -0.2) is 9.97 Å². The summed E-state index contributed by atoms with van der Waals surface area (Å²) in [6, 6.07) is 19.8. The fraction of sp³-hybridized carbons (Fsp3) is 0.250. The molecule has 1 atom stereocenters. The number of hydrogen-bond acceptors (Lipinski definition) is 6. The Morgan fingerprint density at radius 1 is 1.09 bits per heavy atom. The number of anilines is 1. The fourth-order valence-corrected chi connectivity index (χ4v) is 4.03. The van der Waals surface area contributed by atoms with Gasteiger partial charge in [0.15, 0.2) is 0 Å². The minimum Gasteiger partial charge on any atom is -0.369 e. The van der Waals surface area contributed by atoms with Crippen molar-refractivity contribution < 1.29 is 4.79 Å². The van der Waals surface area contributed by atoms with Crippen LogP contribution in [0.5, 0.6) is 0 Å². The Bertz CT molecular complexity index is 1410. The van der Waals surface area contributed by atoms with Crippen molar-refractivity contribution in [1.29, 1.82) is 5.26 Å². The summed E-state index contributed by atoms with van der Waals surface area (Å²) in [4.78, 5) is 25.6. The molecule has 1 amide bonds. The Balaban J connectivity index is 1.52. The zero-order valence-corrected chi connectivity index (χ0v) is 20.3. The van der Waals surface area contributed by atoms with E-state index in [4.69, 9.17) is 0 Å². The smallest absolute Gasteiger partial charge is 0.251 e. The lowest BCUT2D eigenvalue weighted by Crippen LogP contribution is -2.18. The van der Waals surface area contributed by atoms with Gasteiger partial charge in [0.25, 0.3) is 5.91 Å². The second kappa shape index (κ2) is 9.90. The number of amides is 1. The molecule has 4 aromatic rings. The van der Waals surface area contributed by atoms with Crippen LogP contribution in [0.3, 0.4) is 0 Å². The molecule has 2 N–H and O–H groups in total. The number of nitrogens with one attached hydrogen (secondary N) is 2. The van der Waals surface area contributed by atoms with E-state index in [2.05, 4.69) is 38.6 Å². The summed E-state index contributed by atoms with van der Waals surface area (Å²) in [6.07, 6.45) is 3.22. The molecule has 35 heavy (non-hydrogen) atoms. The van der Waals surface area contributed by atoms with Gasteiger partial charge in [-0.05, 0) is 31.0 Å². The SMILES string of the molecule is CNC(=O)c1ccnc2c([C@H](C)CNc3cc(-c4ccc(C(C)(C)C#N)cc4)ncn3)cccc12. The molecule has 7 heteroatoms. The molecule has 0 aliphatic rings. The molecule has 0 saturated carbocycles. The van der Waals surface area contributed by atoms with Crippen LogP contribution >= 0.6 is 0 Å². The Kier molecular flexibility index (Phi) is 6.74. The van der Waals surface area contributed by atoms with E-state index in [1.807, 2.05) is 62.4 Å². The number of benzene rings is 2. The third-order valence-corrected chi connectivity index (χ3v) is 6.24. The molecule has 0 spiro atoms. The average molecular weight is 465 g/mol. The minimum absolute atomic E-state index is 0.122. The van der Waals surface area contributed by atoms with Crippen LogP contribution in [0.15, 0.2) is 67.1 Å². The van der Waals surface area contributed by atoms with Crippen LogP contribution in [0, 0.1) is 11.3 Å². The van der Waals surface area contributed by atoms with Crippen molar-refractivity contribution in [2.75, 3.05) is 18.9 Å². The molecule has 0 unspecified atom stereocenters. The Hall–Kier alpha value is -4.31. The van der Waals surface area contributed by atoms with Gasteiger partial charge in [0.05, 0.1) is 28.3 Å². The maximum atomic E-state index is 12.3. The molecule has 0 aliphatic carbocycles. The van der Waals surface area contributed by atoms with Gasteiger partial charge < -0.3 is 10.6 Å². The third kappa shape index (κ3) is 4.97. The molecule has 2 aromatic carbocycles. The maximum Gasteiger partial charge on any atom is 0.251 e. The summed E-state index contributed by atoms with van der Waals surface area (Å²) in [5.74, 6) is 0.720. The summed E-state index contributed by atoms with van der Waals surface area (Å²) in [7, 11) is 1.63. The normalized spacial score (nSPS) is 12.1. The predicted molar refractivity (Wildman–Crippen MR) is 138 cm³/mol. The number of pyridine rings is 1. The highest BCUT2D eigenvalue weighted by Gasteiger charge is 2.19. The van der Waals surface area contributed by atoms with Gasteiger partial charge in [0, 0.05) is 42.7 Å². The summed E-state index contributed by atoms with van der Waals surface area (Å²) in [6.45, 7) is 6.56. The first kappa shape index (κ1) is 23.8. The van der Waals surface area contributed by atoms with Crippen molar-refractivity contribution in [2.45, 2.75) is 32.1 Å². The van der Waals surface area contributed by atoms with Crippen LogP contribution in [0.2, 0.25) is 0 Å². The third-order valence-electron chi connectivity index (χ3n) is 6.24. The number of rotatable bonds is 7. The fourth-order valence-electron chi connectivity index (χ4n) is 4.03. The highest BCUT2D eigenvalue weighted by molar-refractivity contribution is 6.06. The molecule has 0 fully saturated rings. The highest BCUT2D eigenvalue weighted by Crippen LogP contribution is 2.28. The first-order chi connectivity index (χ1) is 16.8. The van der Waals surface area contributed by atoms with Gasteiger partial charge >= 0.3 is 0 Å². The van der Waals surface area contributed by atoms with E-state index in [1.165, 1.54) is 0 Å². The summed E-state index contributed by atoms with van der Waals surface area (Å²) >= 11 is 0. The van der Waals surface area contributed by atoms with E-state index in [0.29, 0.717) is 12.1 Å². The van der Waals surface area contributed by atoms with Gasteiger partial charge in [0.2, 0.25) is 0 Å². The summed E-state index contributed by atoms with van der Waals surface area (Å²) in [5, 5.41) is 16.3. The zero-order valence-electron chi connectivity index (χ0n) is 20.3. The maximum absolute atomic E-state index is 12.3. The van der Waals surface area contributed by atoms with Crippen LogP contribution in [0.4, 0.5) is 5.82 Å². The molecule has 0 radical (unpaired) electrons. The van der Waals surface area contributed by atoms with Gasteiger partial charge in [-0.2, -0.15) is 5.26 Å². The van der Waals surface area contributed by atoms with E-state index in [1.54, 1.807) is 25.6 Å². The van der Waals surface area contributed by atoms with Gasteiger partial charge in [0.1, 0.15) is 12.1 Å². The first-order valence-corrected chi connectivity index (χ1v) is 11.5. The molecule has 2 heterocycles. The van der Waals surface area contributed by atoms with Crippen molar-refractivity contribution in [1.82, 2.24) is 20.3 Å². The molecule has 0 saturated heterocycles. The average Bonchev–Trinajstić information content (AvgIpc) is 2.90. The van der Waals surface area contributed by atoms with Gasteiger partial charge in [-0.3, -0.25) is 9.78 Å². The molecule has 0 bridgehead atoms. The topological polar surface area (TPSA) is 104 Å². The number of hydrogen-bond donors (Lipinski definition) is 2. The monoisotopic (exact) mass is 464 g/mol. The van der Waals surface area contributed by atoms with Crippen molar-refractivity contribution in [3.63, 3.8) is 0 Å². The van der Waals surface area contributed by atoms with Crippen molar-refractivity contribution >= 4 is 22.6 Å². The largest absolute Gasteiger partial charge is 0.369 e. The molecule has 7 nitrogen and oxygen atoms in total. The number of aromatic nitrogens is 3. The lowest BCUT2D eigenvalue weighted by molar-refractivity contribution is 0.0964. The van der Waals surface area contributed by atoms with Crippen LogP contribution in [-0.2, 0) is 5.41 Å². The number of fused-ring (bicyclic) bond motifs is 1. The molecular weight excluding hydrogens is 436 g/mol. The summed E-state index contributed by atoms with van der Waals surface area (Å²) < 4.78 is 0. The van der Waals surface area contributed by atoms with Gasteiger partial charge in [-0.1, -0.05) is 49.4 Å². The minimum atomic E-state index is -0.537. The van der Waals surface area contributed by atoms with E-state index in [9.17, 15) is 10.1 Å². The predicted octanol–water partition coefficient (Wildman–Crippen LogP) is 5.07. The Morgan fingerprint density at radius 3 is 2.57 bits per heavy atom. The van der Waals surface area contributed by atoms with Crippen molar-refractivity contribution in [3.05, 3.63) is 83.8 Å². The number of nitrogens with zero attached hydrogens (tertiary/aromatic N) is 4. The van der Waals surface area contributed by atoms with E-state index < -0.39 is 5.41 Å². The first-order valence-electron chi connectivity index (χ1n) is 11.5.